The van der Waals surface area contributed by atoms with Crippen LogP contribution in [0.25, 0.3) is 5.20 Å². The average Bonchev–Trinajstić information content (AvgIpc) is 2.46. The summed E-state index contributed by atoms with van der Waals surface area (Å²) < 4.78 is 0. The van der Waals surface area contributed by atoms with Crippen molar-refractivity contribution < 1.29 is 0 Å². The minimum atomic E-state index is -1.66. The molecule has 0 fully saturated rings. The minimum Gasteiger partial charge on any atom is -0.0947 e. The fourth-order valence-corrected chi connectivity index (χ4v) is 8.69. The summed E-state index contributed by atoms with van der Waals surface area (Å²) in [6.45, 7) is 12.2. The van der Waals surface area contributed by atoms with Crippen LogP contribution in [0.3, 0.4) is 0 Å². The molecule has 0 bridgehead atoms. The van der Waals surface area contributed by atoms with Gasteiger partial charge in [0.25, 0.3) is 0 Å². The van der Waals surface area contributed by atoms with Crippen molar-refractivity contribution in [1.82, 2.24) is 0 Å². The van der Waals surface area contributed by atoms with E-state index >= 15 is 0 Å². The van der Waals surface area contributed by atoms with Crippen molar-refractivity contribution in [2.75, 3.05) is 0 Å². The van der Waals surface area contributed by atoms with E-state index < -0.39 is 16.1 Å². The van der Waals surface area contributed by atoms with Crippen molar-refractivity contribution in [3.63, 3.8) is 0 Å². The lowest BCUT2D eigenvalue weighted by Gasteiger charge is -2.29. The Morgan fingerprint density at radius 1 is 0.714 bits per heavy atom. The fourth-order valence-electron chi connectivity index (χ4n) is 2.69. The molecule has 2 rings (SSSR count). The molecule has 0 spiro atoms. The van der Waals surface area contributed by atoms with Crippen molar-refractivity contribution in [3.05, 3.63) is 71.9 Å². The maximum absolute atomic E-state index is 2.61. The van der Waals surface area contributed by atoms with Crippen LogP contribution in [0, 0.1) is 0 Å². The lowest BCUT2D eigenvalue weighted by molar-refractivity contribution is 1.61. The van der Waals surface area contributed by atoms with E-state index in [1.807, 2.05) is 0 Å². The minimum absolute atomic E-state index is 1.27. The third-order valence-electron chi connectivity index (χ3n) is 3.83. The van der Waals surface area contributed by atoms with Gasteiger partial charge in [-0.15, -0.1) is 0 Å². The Morgan fingerprint density at radius 3 is 1.67 bits per heavy atom. The Morgan fingerprint density at radius 2 is 1.19 bits per heavy atom. The second-order valence-electron chi connectivity index (χ2n) is 7.28. The highest BCUT2D eigenvalue weighted by atomic mass is 28.3. The highest BCUT2D eigenvalue weighted by molar-refractivity contribution is 7.06. The molecule has 0 aliphatic carbocycles. The summed E-state index contributed by atoms with van der Waals surface area (Å²) in [6.07, 6.45) is 0. The summed E-state index contributed by atoms with van der Waals surface area (Å²) in [5, 5.41) is 3.10. The highest BCUT2D eigenvalue weighted by Gasteiger charge is 2.30. The standard InChI is InChI=1S/C19H26Si2/c1-20(2,3)16-19(17-12-8-6-9-13-17)21(4,5)18-14-10-7-11-15-18/h6-16H,1-5H3/b19-16+. The summed E-state index contributed by atoms with van der Waals surface area (Å²) >= 11 is 0. The van der Waals surface area contributed by atoms with Gasteiger partial charge in [-0.3, -0.25) is 0 Å². The second-order valence-corrected chi connectivity index (χ2v) is 16.7. The van der Waals surface area contributed by atoms with Crippen LogP contribution in [0.4, 0.5) is 0 Å². The zero-order chi connectivity index (χ0) is 15.5. The van der Waals surface area contributed by atoms with Crippen LogP contribution in [0.5, 0.6) is 0 Å². The molecule has 0 nitrogen and oxygen atoms in total. The van der Waals surface area contributed by atoms with Crippen LogP contribution in [-0.4, -0.2) is 16.1 Å². The Balaban J connectivity index is 2.58. The summed E-state index contributed by atoms with van der Waals surface area (Å²) in [7, 11) is -2.94. The van der Waals surface area contributed by atoms with Gasteiger partial charge in [-0.1, -0.05) is 109 Å². The van der Waals surface area contributed by atoms with Crippen molar-refractivity contribution in [2.45, 2.75) is 32.7 Å². The van der Waals surface area contributed by atoms with E-state index in [1.54, 1.807) is 5.20 Å². The SMILES string of the molecule is C[Si](C)(C)/C=C(\c1ccccc1)[Si](C)(C)c1ccccc1. The van der Waals surface area contributed by atoms with Gasteiger partial charge in [0.15, 0.2) is 0 Å². The first-order chi connectivity index (χ1) is 9.81. The molecule has 0 saturated carbocycles. The molecule has 0 aliphatic rings. The number of hydrogen-bond donors (Lipinski definition) is 0. The van der Waals surface area contributed by atoms with Crippen LogP contribution >= 0.6 is 0 Å². The summed E-state index contributed by atoms with van der Waals surface area (Å²) in [4.78, 5) is 0. The van der Waals surface area contributed by atoms with Gasteiger partial charge in [-0.2, -0.15) is 0 Å². The monoisotopic (exact) mass is 310 g/mol. The van der Waals surface area contributed by atoms with Crippen LogP contribution in [-0.2, 0) is 0 Å². The Labute approximate surface area is 131 Å². The van der Waals surface area contributed by atoms with Crippen molar-refractivity contribution >= 4 is 26.5 Å². The van der Waals surface area contributed by atoms with Crippen molar-refractivity contribution in [3.8, 4) is 0 Å². The molecule has 21 heavy (non-hydrogen) atoms. The quantitative estimate of drug-likeness (QED) is 0.689. The first kappa shape index (κ1) is 16.0. The van der Waals surface area contributed by atoms with E-state index in [2.05, 4.69) is 99.1 Å². The molecule has 0 atom stereocenters. The van der Waals surface area contributed by atoms with Gasteiger partial charge in [-0.05, 0) is 5.56 Å². The van der Waals surface area contributed by atoms with Gasteiger partial charge in [0.2, 0.25) is 0 Å². The molecule has 2 aromatic carbocycles. The number of benzene rings is 2. The summed E-state index contributed by atoms with van der Waals surface area (Å²) in [5.74, 6) is 0. The molecule has 0 radical (unpaired) electrons. The van der Waals surface area contributed by atoms with Gasteiger partial charge >= 0.3 is 0 Å². The summed E-state index contributed by atoms with van der Waals surface area (Å²) in [5.41, 5.74) is 4.02. The molecule has 0 amide bonds. The highest BCUT2D eigenvalue weighted by Crippen LogP contribution is 2.28. The lowest BCUT2D eigenvalue weighted by Crippen LogP contribution is -2.44. The molecular weight excluding hydrogens is 284 g/mol. The fraction of sp³-hybridized carbons (Fsp3) is 0.263. The van der Waals surface area contributed by atoms with Crippen LogP contribution in [0.15, 0.2) is 66.4 Å². The first-order valence-corrected chi connectivity index (χ1v) is 14.2. The molecular formula is C19H26Si2. The van der Waals surface area contributed by atoms with Gasteiger partial charge in [-0.25, -0.2) is 0 Å². The first-order valence-electron chi connectivity index (χ1n) is 7.65. The molecule has 0 N–H and O–H groups in total. The van der Waals surface area contributed by atoms with E-state index in [1.165, 1.54) is 10.8 Å². The molecule has 0 aromatic heterocycles. The molecule has 2 heteroatoms. The lowest BCUT2D eigenvalue weighted by atomic mass is 10.2. The predicted molar refractivity (Wildman–Crippen MR) is 101 cm³/mol. The number of rotatable bonds is 4. The van der Waals surface area contributed by atoms with E-state index in [-0.39, 0.29) is 0 Å². The Hall–Kier alpha value is -1.39. The van der Waals surface area contributed by atoms with Crippen molar-refractivity contribution in [1.29, 1.82) is 0 Å². The van der Waals surface area contributed by atoms with E-state index in [0.29, 0.717) is 0 Å². The van der Waals surface area contributed by atoms with Crippen molar-refractivity contribution in [2.24, 2.45) is 0 Å². The Bertz CT molecular complexity index is 605. The zero-order valence-electron chi connectivity index (χ0n) is 13.9. The largest absolute Gasteiger partial charge is 0.112 e. The third-order valence-corrected chi connectivity index (χ3v) is 8.83. The molecule has 2 aromatic rings. The smallest absolute Gasteiger partial charge is 0.0947 e. The second kappa shape index (κ2) is 6.16. The maximum Gasteiger partial charge on any atom is 0.112 e. The van der Waals surface area contributed by atoms with Crippen LogP contribution in [0.1, 0.15) is 5.56 Å². The molecule has 0 unspecified atom stereocenters. The molecule has 0 saturated heterocycles. The van der Waals surface area contributed by atoms with Gasteiger partial charge in [0.05, 0.1) is 8.07 Å². The van der Waals surface area contributed by atoms with Crippen LogP contribution < -0.4 is 5.19 Å². The summed E-state index contributed by atoms with van der Waals surface area (Å²) in [6, 6.07) is 22.0. The van der Waals surface area contributed by atoms with Gasteiger partial charge < -0.3 is 0 Å². The molecule has 0 heterocycles. The van der Waals surface area contributed by atoms with E-state index in [9.17, 15) is 0 Å². The number of hydrogen-bond acceptors (Lipinski definition) is 0. The topological polar surface area (TPSA) is 0 Å². The molecule has 110 valence electrons. The van der Waals surface area contributed by atoms with Gasteiger partial charge in [0, 0.05) is 0 Å². The average molecular weight is 311 g/mol. The maximum atomic E-state index is 2.61. The van der Waals surface area contributed by atoms with Gasteiger partial charge in [0.1, 0.15) is 8.07 Å². The van der Waals surface area contributed by atoms with E-state index in [4.69, 9.17) is 0 Å². The van der Waals surface area contributed by atoms with E-state index in [0.717, 1.165) is 0 Å². The molecule has 0 aliphatic heterocycles. The predicted octanol–water partition coefficient (Wildman–Crippen LogP) is 5.10. The third kappa shape index (κ3) is 4.05. The van der Waals surface area contributed by atoms with Crippen LogP contribution in [0.2, 0.25) is 32.7 Å². The Kier molecular flexibility index (Phi) is 4.69. The zero-order valence-corrected chi connectivity index (χ0v) is 15.9. The normalized spacial score (nSPS) is 13.3.